The molecule has 1 aliphatic carbocycles. The minimum Gasteiger partial charge on any atom is -0.489 e. The van der Waals surface area contributed by atoms with Crippen LogP contribution in [0.2, 0.25) is 0 Å². The van der Waals surface area contributed by atoms with Crippen molar-refractivity contribution >= 4 is 17.8 Å². The van der Waals surface area contributed by atoms with Gasteiger partial charge in [0.1, 0.15) is 18.0 Å². The van der Waals surface area contributed by atoms with E-state index in [1.807, 2.05) is 75.4 Å². The summed E-state index contributed by atoms with van der Waals surface area (Å²) in [7, 11) is 0. The third kappa shape index (κ3) is 10.2. The van der Waals surface area contributed by atoms with Gasteiger partial charge in [0.25, 0.3) is 0 Å². The number of Topliss-reactive ketones (excluding diaryl/α,β-unsaturated/α-hetero) is 1. The van der Waals surface area contributed by atoms with Crippen LogP contribution >= 0.6 is 0 Å². The Morgan fingerprint density at radius 2 is 1.49 bits per heavy atom. The fourth-order valence-electron chi connectivity index (χ4n) is 5.75. The van der Waals surface area contributed by atoms with Gasteiger partial charge in [0, 0.05) is 25.9 Å². The van der Waals surface area contributed by atoms with Gasteiger partial charge >= 0.3 is 6.09 Å². The summed E-state index contributed by atoms with van der Waals surface area (Å²) >= 11 is 0. The van der Waals surface area contributed by atoms with E-state index in [2.05, 4.69) is 5.32 Å². The van der Waals surface area contributed by atoms with Gasteiger partial charge in [0.15, 0.2) is 5.78 Å². The summed E-state index contributed by atoms with van der Waals surface area (Å²) in [4.78, 5) is 40.6. The number of nitrogens with one attached hydrogen (secondary N) is 1. The Hall–Kier alpha value is -3.35. The highest BCUT2D eigenvalue weighted by molar-refractivity contribution is 5.89. The summed E-state index contributed by atoms with van der Waals surface area (Å²) in [5, 5.41) is 3.09. The van der Waals surface area contributed by atoms with Crippen LogP contribution in [0.4, 0.5) is 4.79 Å². The summed E-state index contributed by atoms with van der Waals surface area (Å²) in [5.74, 6) is 1.41. The zero-order valence-electron chi connectivity index (χ0n) is 24.9. The van der Waals surface area contributed by atoms with E-state index in [9.17, 15) is 14.4 Å². The number of carbonyl (C=O) groups is 3. The van der Waals surface area contributed by atoms with E-state index in [1.165, 1.54) is 12.8 Å². The Bertz CT molecular complexity index is 1130. The first-order chi connectivity index (χ1) is 19.6. The van der Waals surface area contributed by atoms with E-state index in [4.69, 9.17) is 9.47 Å². The van der Waals surface area contributed by atoms with Crippen molar-refractivity contribution in [2.24, 2.45) is 11.8 Å². The van der Waals surface area contributed by atoms with Gasteiger partial charge in [-0.2, -0.15) is 0 Å². The fraction of sp³-hybridized carbons (Fsp3) is 0.559. The molecule has 0 aromatic heterocycles. The zero-order chi connectivity index (χ0) is 29.2. The quantitative estimate of drug-likeness (QED) is 0.339. The molecule has 0 unspecified atom stereocenters. The molecule has 2 amide bonds. The largest absolute Gasteiger partial charge is 0.489 e. The number of piperidine rings is 1. The van der Waals surface area contributed by atoms with E-state index in [1.54, 1.807) is 4.90 Å². The van der Waals surface area contributed by atoms with Crippen LogP contribution < -0.4 is 10.1 Å². The standard InChI is InChI=1S/C34H46N2O5/c1-34(2,3)41-33(39)36-19-17-27(18-20-36)23-32(38)35-30(31(37)22-25-9-7-8-10-25)21-26-13-15-29(16-14-26)40-24-28-11-5-4-6-12-28/h4-6,11-16,25,27,30H,7-10,17-24H2,1-3H3,(H,35,38)/t30-/m0/s1. The monoisotopic (exact) mass is 562 g/mol. The maximum atomic E-state index is 13.4. The number of nitrogens with zero attached hydrogens (tertiary/aromatic N) is 1. The predicted octanol–water partition coefficient (Wildman–Crippen LogP) is 6.48. The van der Waals surface area contributed by atoms with Crippen molar-refractivity contribution in [1.82, 2.24) is 10.2 Å². The zero-order valence-corrected chi connectivity index (χ0v) is 24.9. The molecule has 1 saturated carbocycles. The van der Waals surface area contributed by atoms with E-state index >= 15 is 0 Å². The smallest absolute Gasteiger partial charge is 0.410 e. The molecule has 1 atom stereocenters. The summed E-state index contributed by atoms with van der Waals surface area (Å²) in [6.45, 7) is 7.24. The van der Waals surface area contributed by atoms with Gasteiger partial charge in [-0.05, 0) is 75.1 Å². The van der Waals surface area contributed by atoms with Crippen LogP contribution in [0.15, 0.2) is 54.6 Å². The number of amides is 2. The van der Waals surface area contributed by atoms with Gasteiger partial charge in [-0.15, -0.1) is 0 Å². The van der Waals surface area contributed by atoms with Crippen molar-refractivity contribution in [3.8, 4) is 5.75 Å². The molecule has 41 heavy (non-hydrogen) atoms. The van der Waals surface area contributed by atoms with Crippen molar-refractivity contribution < 1.29 is 23.9 Å². The molecule has 1 aliphatic heterocycles. The number of rotatable bonds is 11. The maximum absolute atomic E-state index is 13.4. The number of carbonyl (C=O) groups excluding carboxylic acids is 3. The van der Waals surface area contributed by atoms with E-state index in [-0.39, 0.29) is 23.7 Å². The van der Waals surface area contributed by atoms with Gasteiger partial charge in [0.2, 0.25) is 5.91 Å². The first-order valence-corrected chi connectivity index (χ1v) is 15.2. The molecule has 222 valence electrons. The lowest BCUT2D eigenvalue weighted by atomic mass is 9.91. The number of ketones is 1. The minimum absolute atomic E-state index is 0.0895. The van der Waals surface area contributed by atoms with Crippen LogP contribution in [-0.2, 0) is 27.4 Å². The SMILES string of the molecule is CC(C)(C)OC(=O)N1CCC(CC(=O)N[C@@H](Cc2ccc(OCc3ccccc3)cc2)C(=O)CC2CCCC2)CC1. The predicted molar refractivity (Wildman–Crippen MR) is 160 cm³/mol. The van der Waals surface area contributed by atoms with E-state index < -0.39 is 11.6 Å². The van der Waals surface area contributed by atoms with Crippen molar-refractivity contribution in [3.05, 3.63) is 65.7 Å². The molecule has 2 aromatic carbocycles. The highest BCUT2D eigenvalue weighted by atomic mass is 16.6. The Labute approximate surface area is 245 Å². The minimum atomic E-state index is -0.541. The van der Waals surface area contributed by atoms with Crippen molar-refractivity contribution in [2.75, 3.05) is 13.1 Å². The Balaban J connectivity index is 1.31. The number of benzene rings is 2. The van der Waals surface area contributed by atoms with Crippen molar-refractivity contribution in [1.29, 1.82) is 0 Å². The van der Waals surface area contributed by atoms with Crippen molar-refractivity contribution in [3.63, 3.8) is 0 Å². The third-order valence-corrected chi connectivity index (χ3v) is 8.04. The van der Waals surface area contributed by atoms with E-state index in [0.29, 0.717) is 44.9 Å². The molecular formula is C34H46N2O5. The first-order valence-electron chi connectivity index (χ1n) is 15.2. The number of hydrogen-bond acceptors (Lipinski definition) is 5. The fourth-order valence-corrected chi connectivity index (χ4v) is 5.75. The molecule has 0 radical (unpaired) electrons. The highest BCUT2D eigenvalue weighted by Gasteiger charge is 2.30. The molecular weight excluding hydrogens is 516 g/mol. The Morgan fingerprint density at radius 1 is 0.854 bits per heavy atom. The lowest BCUT2D eigenvalue weighted by Crippen LogP contribution is -2.45. The van der Waals surface area contributed by atoms with Crippen LogP contribution in [0.1, 0.15) is 83.3 Å². The van der Waals surface area contributed by atoms with Crippen LogP contribution in [0, 0.1) is 11.8 Å². The molecule has 7 heteroatoms. The van der Waals surface area contributed by atoms with Crippen LogP contribution in [0.25, 0.3) is 0 Å². The molecule has 2 aliphatic rings. The highest BCUT2D eigenvalue weighted by Crippen LogP contribution is 2.29. The molecule has 4 rings (SSSR count). The molecule has 2 fully saturated rings. The Morgan fingerprint density at radius 3 is 2.12 bits per heavy atom. The van der Waals surface area contributed by atoms with E-state index in [0.717, 1.165) is 42.6 Å². The van der Waals surface area contributed by atoms with Gasteiger partial charge < -0.3 is 19.7 Å². The van der Waals surface area contributed by atoms with Crippen LogP contribution in [-0.4, -0.2) is 47.4 Å². The van der Waals surface area contributed by atoms with Crippen LogP contribution in [0.5, 0.6) is 5.75 Å². The first kappa shape index (κ1) is 30.6. The number of ether oxygens (including phenoxy) is 2. The Kier molecular flexibility index (Phi) is 10.8. The number of hydrogen-bond donors (Lipinski definition) is 1. The summed E-state index contributed by atoms with van der Waals surface area (Å²) in [6, 6.07) is 17.3. The van der Waals surface area contributed by atoms with Crippen LogP contribution in [0.3, 0.4) is 0 Å². The second-order valence-electron chi connectivity index (χ2n) is 12.7. The van der Waals surface area contributed by atoms with Gasteiger partial charge in [-0.25, -0.2) is 4.79 Å². The third-order valence-electron chi connectivity index (χ3n) is 8.04. The molecule has 2 aromatic rings. The maximum Gasteiger partial charge on any atom is 0.410 e. The second kappa shape index (κ2) is 14.5. The molecule has 0 bridgehead atoms. The molecule has 0 spiro atoms. The van der Waals surface area contributed by atoms with Gasteiger partial charge in [0.05, 0.1) is 6.04 Å². The van der Waals surface area contributed by atoms with Gasteiger partial charge in [-0.3, -0.25) is 9.59 Å². The lowest BCUT2D eigenvalue weighted by Gasteiger charge is -2.33. The van der Waals surface area contributed by atoms with Crippen molar-refractivity contribution in [2.45, 2.75) is 96.8 Å². The summed E-state index contributed by atoms with van der Waals surface area (Å²) < 4.78 is 11.4. The average Bonchev–Trinajstić information content (AvgIpc) is 3.45. The number of likely N-dealkylation sites (tertiary alicyclic amines) is 1. The normalized spacial score (nSPS) is 17.2. The lowest BCUT2D eigenvalue weighted by molar-refractivity contribution is -0.129. The summed E-state index contributed by atoms with van der Waals surface area (Å²) in [6.07, 6.45) is 7.10. The average molecular weight is 563 g/mol. The molecule has 1 saturated heterocycles. The molecule has 1 heterocycles. The molecule has 1 N–H and O–H groups in total. The topological polar surface area (TPSA) is 84.9 Å². The molecule has 7 nitrogen and oxygen atoms in total. The second-order valence-corrected chi connectivity index (χ2v) is 12.7. The van der Waals surface area contributed by atoms with Gasteiger partial charge in [-0.1, -0.05) is 68.1 Å². The summed E-state index contributed by atoms with van der Waals surface area (Å²) in [5.41, 5.74) is 1.57.